The molecule has 42 heavy (non-hydrogen) atoms. The fraction of sp³-hybridized carbons (Fsp3) is 0.188. The van der Waals surface area contributed by atoms with Crippen molar-refractivity contribution in [2.75, 3.05) is 0 Å². The predicted octanol–water partition coefficient (Wildman–Crippen LogP) is 9.00. The molecule has 0 fully saturated rings. The van der Waals surface area contributed by atoms with Crippen molar-refractivity contribution in [3.8, 4) is 17.0 Å². The van der Waals surface area contributed by atoms with Crippen molar-refractivity contribution in [1.82, 2.24) is 9.55 Å². The van der Waals surface area contributed by atoms with Crippen molar-refractivity contribution < 1.29 is 27.8 Å². The van der Waals surface area contributed by atoms with Crippen LogP contribution in [0.2, 0.25) is 10.0 Å². The first-order chi connectivity index (χ1) is 20.0. The van der Waals surface area contributed by atoms with E-state index in [2.05, 4.69) is 0 Å². The number of rotatable bonds is 8. The van der Waals surface area contributed by atoms with Crippen LogP contribution >= 0.6 is 23.2 Å². The predicted molar refractivity (Wildman–Crippen MR) is 157 cm³/mol. The summed E-state index contributed by atoms with van der Waals surface area (Å²) in [7, 11) is 0. The zero-order valence-corrected chi connectivity index (χ0v) is 23.8. The molecule has 1 heterocycles. The van der Waals surface area contributed by atoms with Crippen LogP contribution in [-0.4, -0.2) is 26.2 Å². The Morgan fingerprint density at radius 3 is 2.48 bits per heavy atom. The summed E-state index contributed by atoms with van der Waals surface area (Å²) in [6, 6.07) is 17.7. The molecule has 0 saturated carbocycles. The summed E-state index contributed by atoms with van der Waals surface area (Å²) in [4.78, 5) is 16.3. The van der Waals surface area contributed by atoms with E-state index in [0.29, 0.717) is 40.1 Å². The Bertz CT molecular complexity index is 1700. The maximum absolute atomic E-state index is 13.8. The standard InChI is InChI=1S/C32H25Cl2F3N2O3/c1-2-39-19-28(25-10-8-22(33)16-27(25)34)38-29(39)18-31(14-12-21(13-15-31)20-6-4-3-5-7-20)42-23-9-11-24(30(40)41)26(17-23)32(35,36)37/h3-14,16-17,19H,2,15,18H2,1H3,(H,40,41). The van der Waals surface area contributed by atoms with Gasteiger partial charge < -0.3 is 14.4 Å². The summed E-state index contributed by atoms with van der Waals surface area (Å²) in [5.41, 5.74) is -0.00599. The summed E-state index contributed by atoms with van der Waals surface area (Å²) in [6.45, 7) is 2.53. The molecule has 1 aliphatic carbocycles. The number of carboxylic acids is 1. The second-order valence-electron chi connectivity index (χ2n) is 9.87. The van der Waals surface area contributed by atoms with Crippen molar-refractivity contribution in [2.45, 2.75) is 38.1 Å². The van der Waals surface area contributed by atoms with E-state index in [9.17, 15) is 23.1 Å². The second-order valence-corrected chi connectivity index (χ2v) is 10.7. The average Bonchev–Trinajstić information content (AvgIpc) is 3.35. The van der Waals surface area contributed by atoms with Crippen molar-refractivity contribution in [1.29, 1.82) is 0 Å². The van der Waals surface area contributed by atoms with Crippen LogP contribution in [0.1, 0.15) is 40.7 Å². The molecular weight excluding hydrogens is 588 g/mol. The third-order valence-electron chi connectivity index (χ3n) is 7.05. The third-order valence-corrected chi connectivity index (χ3v) is 7.60. The molecule has 1 atom stereocenters. The largest absolute Gasteiger partial charge is 0.482 e. The van der Waals surface area contributed by atoms with Gasteiger partial charge in [0.15, 0.2) is 0 Å². The minimum Gasteiger partial charge on any atom is -0.482 e. The van der Waals surface area contributed by atoms with Gasteiger partial charge in [0, 0.05) is 36.2 Å². The number of carbonyl (C=O) groups is 1. The molecule has 5 nitrogen and oxygen atoms in total. The molecule has 0 saturated heterocycles. The Kier molecular flexibility index (Phi) is 8.21. The normalized spacial score (nSPS) is 16.8. The van der Waals surface area contributed by atoms with Crippen LogP contribution in [0.15, 0.2) is 91.2 Å². The Hall–Kier alpha value is -4.01. The van der Waals surface area contributed by atoms with E-state index in [1.54, 1.807) is 18.2 Å². The highest BCUT2D eigenvalue weighted by molar-refractivity contribution is 6.36. The number of hydrogen-bond donors (Lipinski definition) is 1. The summed E-state index contributed by atoms with van der Waals surface area (Å²) < 4.78 is 49.7. The first-order valence-electron chi connectivity index (χ1n) is 13.1. The molecule has 0 aliphatic heterocycles. The minimum absolute atomic E-state index is 0.107. The number of halogens is 5. The van der Waals surface area contributed by atoms with Crippen LogP contribution in [-0.2, 0) is 19.1 Å². The van der Waals surface area contributed by atoms with Crippen LogP contribution in [0.3, 0.4) is 0 Å². The topological polar surface area (TPSA) is 64.4 Å². The van der Waals surface area contributed by atoms with E-state index < -0.39 is 28.9 Å². The summed E-state index contributed by atoms with van der Waals surface area (Å²) in [5.74, 6) is -1.14. The maximum Gasteiger partial charge on any atom is 0.417 e. The number of ether oxygens (including phenoxy) is 1. The number of imidazole rings is 1. The fourth-order valence-corrected chi connectivity index (χ4v) is 5.46. The molecule has 1 aromatic heterocycles. The molecule has 1 N–H and O–H groups in total. The summed E-state index contributed by atoms with van der Waals surface area (Å²) in [6.07, 6.45) is 3.20. The summed E-state index contributed by atoms with van der Waals surface area (Å²) >= 11 is 12.5. The fourth-order valence-electron chi connectivity index (χ4n) is 4.95. The van der Waals surface area contributed by atoms with Gasteiger partial charge in [0.2, 0.25) is 0 Å². The van der Waals surface area contributed by atoms with Crippen molar-refractivity contribution in [3.63, 3.8) is 0 Å². The number of aromatic carboxylic acids is 1. The molecule has 1 aliphatic rings. The number of hydrogen-bond acceptors (Lipinski definition) is 3. The van der Waals surface area contributed by atoms with Crippen LogP contribution in [0.5, 0.6) is 5.75 Å². The molecule has 0 radical (unpaired) electrons. The monoisotopic (exact) mass is 612 g/mol. The number of carboxylic acid groups (broad SMARTS) is 1. The van der Waals surface area contributed by atoms with E-state index >= 15 is 0 Å². The van der Waals surface area contributed by atoms with Gasteiger partial charge in [-0.2, -0.15) is 13.2 Å². The molecule has 4 aromatic rings. The lowest BCUT2D eigenvalue weighted by molar-refractivity contribution is -0.138. The van der Waals surface area contributed by atoms with Gasteiger partial charge >= 0.3 is 12.1 Å². The van der Waals surface area contributed by atoms with Crippen molar-refractivity contribution in [2.24, 2.45) is 0 Å². The van der Waals surface area contributed by atoms with Crippen LogP contribution in [0, 0.1) is 0 Å². The van der Waals surface area contributed by atoms with Gasteiger partial charge in [-0.15, -0.1) is 0 Å². The number of benzene rings is 3. The first-order valence-corrected chi connectivity index (χ1v) is 13.8. The van der Waals surface area contributed by atoms with Gasteiger partial charge in [-0.25, -0.2) is 9.78 Å². The average molecular weight is 613 g/mol. The Labute approximate surface area is 250 Å². The number of nitrogens with zero attached hydrogens (tertiary/aromatic N) is 2. The lowest BCUT2D eigenvalue weighted by Gasteiger charge is -2.33. The highest BCUT2D eigenvalue weighted by Crippen LogP contribution is 2.39. The lowest BCUT2D eigenvalue weighted by atomic mass is 9.86. The number of aromatic nitrogens is 2. The number of alkyl halides is 3. The van der Waals surface area contributed by atoms with Gasteiger partial charge in [-0.05, 0) is 60.5 Å². The van der Waals surface area contributed by atoms with E-state index in [0.717, 1.165) is 23.3 Å². The van der Waals surface area contributed by atoms with E-state index in [1.807, 2.05) is 66.2 Å². The highest BCUT2D eigenvalue weighted by Gasteiger charge is 2.38. The molecule has 0 spiro atoms. The highest BCUT2D eigenvalue weighted by atomic mass is 35.5. The van der Waals surface area contributed by atoms with Gasteiger partial charge in [-0.3, -0.25) is 0 Å². The van der Waals surface area contributed by atoms with Gasteiger partial charge in [0.1, 0.15) is 17.2 Å². The van der Waals surface area contributed by atoms with E-state index in [-0.39, 0.29) is 12.2 Å². The van der Waals surface area contributed by atoms with Crippen LogP contribution in [0.25, 0.3) is 16.8 Å². The number of allylic oxidation sites excluding steroid dienone is 2. The Morgan fingerprint density at radius 1 is 1.10 bits per heavy atom. The zero-order valence-electron chi connectivity index (χ0n) is 22.3. The zero-order chi connectivity index (χ0) is 30.1. The minimum atomic E-state index is -4.88. The first kappa shape index (κ1) is 29.5. The Morgan fingerprint density at radius 2 is 1.86 bits per heavy atom. The summed E-state index contributed by atoms with van der Waals surface area (Å²) in [5, 5.41) is 10.3. The molecule has 3 aromatic carbocycles. The van der Waals surface area contributed by atoms with Crippen LogP contribution in [0.4, 0.5) is 13.2 Å². The van der Waals surface area contributed by atoms with Gasteiger partial charge in [0.05, 0.1) is 21.8 Å². The molecule has 216 valence electrons. The van der Waals surface area contributed by atoms with Gasteiger partial charge in [-0.1, -0.05) is 65.7 Å². The molecule has 1 unspecified atom stereocenters. The van der Waals surface area contributed by atoms with Crippen molar-refractivity contribution in [3.05, 3.63) is 124 Å². The van der Waals surface area contributed by atoms with Crippen LogP contribution < -0.4 is 4.74 Å². The quantitative estimate of drug-likeness (QED) is 0.216. The molecule has 5 rings (SSSR count). The molecule has 10 heteroatoms. The molecule has 0 bridgehead atoms. The lowest BCUT2D eigenvalue weighted by Crippen LogP contribution is -2.38. The Balaban J connectivity index is 1.55. The molecule has 0 amide bonds. The van der Waals surface area contributed by atoms with Gasteiger partial charge in [0.25, 0.3) is 0 Å². The number of aryl methyl sites for hydroxylation is 1. The SMILES string of the molecule is CCn1cc(-c2ccc(Cl)cc2Cl)nc1CC1(Oc2ccc(C(=O)O)c(C(F)(F)F)c2)C=CC(c2ccccc2)=CC1. The maximum atomic E-state index is 13.8. The smallest absolute Gasteiger partial charge is 0.417 e. The van der Waals surface area contributed by atoms with Crippen molar-refractivity contribution >= 4 is 34.7 Å². The molecular formula is C32H25Cl2F3N2O3. The third kappa shape index (κ3) is 6.25. The van der Waals surface area contributed by atoms with E-state index in [4.69, 9.17) is 32.9 Å². The van der Waals surface area contributed by atoms with E-state index in [1.165, 1.54) is 6.07 Å². The second kappa shape index (κ2) is 11.7.